The molecule has 2 rings (SSSR count). The average Bonchev–Trinajstić information content (AvgIpc) is 2.83. The summed E-state index contributed by atoms with van der Waals surface area (Å²) in [5, 5.41) is 3.58. The highest BCUT2D eigenvalue weighted by Gasteiger charge is 2.27. The largest absolute Gasteiger partial charge is 0.378 e. The monoisotopic (exact) mass is 345 g/mol. The predicted octanol–water partition coefficient (Wildman–Crippen LogP) is 3.65. The van der Waals surface area contributed by atoms with Gasteiger partial charge in [-0.1, -0.05) is 18.5 Å². The first-order chi connectivity index (χ1) is 9.11. The molecule has 0 saturated carbocycles. The molecule has 0 radical (unpaired) electrons. The summed E-state index contributed by atoms with van der Waals surface area (Å²) >= 11 is 9.22. The van der Waals surface area contributed by atoms with Crippen molar-refractivity contribution in [1.29, 1.82) is 0 Å². The highest BCUT2D eigenvalue weighted by Crippen LogP contribution is 2.24. The van der Waals surface area contributed by atoms with Crippen LogP contribution in [0.4, 0.5) is 0 Å². The number of amides is 1. The quantitative estimate of drug-likeness (QED) is 0.904. The summed E-state index contributed by atoms with van der Waals surface area (Å²) in [5.41, 5.74) is 0.608. The van der Waals surface area contributed by atoms with E-state index in [1.807, 2.05) is 0 Å². The zero-order chi connectivity index (χ0) is 13.8. The maximum Gasteiger partial charge on any atom is 0.252 e. The van der Waals surface area contributed by atoms with Gasteiger partial charge in [0.2, 0.25) is 0 Å². The van der Waals surface area contributed by atoms with Crippen LogP contribution in [-0.2, 0) is 4.74 Å². The fraction of sp³-hybridized carbons (Fsp3) is 0.500. The predicted molar refractivity (Wildman–Crippen MR) is 79.6 cm³/mol. The van der Waals surface area contributed by atoms with Crippen molar-refractivity contribution in [2.75, 3.05) is 13.2 Å². The molecule has 0 spiro atoms. The van der Waals surface area contributed by atoms with E-state index < -0.39 is 0 Å². The van der Waals surface area contributed by atoms with Crippen molar-refractivity contribution in [2.45, 2.75) is 25.9 Å². The number of ether oxygens (including phenoxy) is 1. The van der Waals surface area contributed by atoms with Gasteiger partial charge in [0.05, 0.1) is 11.7 Å². The minimum Gasteiger partial charge on any atom is -0.378 e. The van der Waals surface area contributed by atoms with Crippen LogP contribution in [0.2, 0.25) is 5.02 Å². The molecule has 0 aliphatic carbocycles. The highest BCUT2D eigenvalue weighted by molar-refractivity contribution is 9.10. The molecular formula is C14H17BrClNO2. The molecule has 1 heterocycles. The third kappa shape index (κ3) is 3.71. The SMILES string of the molecule is CCC1OCCC1CNC(=O)c1ccc(Cl)cc1Br. The molecule has 104 valence electrons. The van der Waals surface area contributed by atoms with Crippen molar-refractivity contribution >= 4 is 33.4 Å². The van der Waals surface area contributed by atoms with E-state index >= 15 is 0 Å². The highest BCUT2D eigenvalue weighted by atomic mass is 79.9. The molecule has 0 bridgehead atoms. The van der Waals surface area contributed by atoms with Gasteiger partial charge in [0.25, 0.3) is 5.91 Å². The molecule has 19 heavy (non-hydrogen) atoms. The molecule has 2 atom stereocenters. The van der Waals surface area contributed by atoms with Gasteiger partial charge in [0, 0.05) is 28.6 Å². The Hall–Kier alpha value is -0.580. The zero-order valence-electron chi connectivity index (χ0n) is 10.8. The van der Waals surface area contributed by atoms with Gasteiger partial charge in [0.15, 0.2) is 0 Å². The van der Waals surface area contributed by atoms with E-state index in [-0.39, 0.29) is 12.0 Å². The summed E-state index contributed by atoms with van der Waals surface area (Å²) in [5.74, 6) is 0.338. The minimum absolute atomic E-state index is 0.0784. The molecule has 1 aromatic rings. The second kappa shape index (κ2) is 6.73. The van der Waals surface area contributed by atoms with Crippen LogP contribution >= 0.6 is 27.5 Å². The van der Waals surface area contributed by atoms with E-state index in [4.69, 9.17) is 16.3 Å². The van der Waals surface area contributed by atoms with Crippen LogP contribution in [0.1, 0.15) is 30.1 Å². The lowest BCUT2D eigenvalue weighted by molar-refractivity contribution is 0.0826. The van der Waals surface area contributed by atoms with Gasteiger partial charge in [-0.05, 0) is 47.0 Å². The molecular weight excluding hydrogens is 330 g/mol. The summed E-state index contributed by atoms with van der Waals surface area (Å²) in [6.45, 7) is 3.57. The standard InChI is InChI=1S/C14H17BrClNO2/c1-2-13-9(5-6-19-13)8-17-14(18)11-4-3-10(16)7-12(11)15/h3-4,7,9,13H,2,5-6,8H2,1H3,(H,17,18). The number of benzene rings is 1. The zero-order valence-corrected chi connectivity index (χ0v) is 13.1. The minimum atomic E-state index is -0.0784. The Kier molecular flexibility index (Phi) is 5.25. The van der Waals surface area contributed by atoms with Gasteiger partial charge >= 0.3 is 0 Å². The van der Waals surface area contributed by atoms with Crippen molar-refractivity contribution in [3.05, 3.63) is 33.3 Å². The Labute approximate surface area is 126 Å². The lowest BCUT2D eigenvalue weighted by Gasteiger charge is -2.17. The van der Waals surface area contributed by atoms with E-state index in [1.165, 1.54) is 0 Å². The number of halogens is 2. The fourth-order valence-corrected chi connectivity index (χ4v) is 3.23. The molecule has 1 fully saturated rings. The first-order valence-corrected chi connectivity index (χ1v) is 7.63. The van der Waals surface area contributed by atoms with Crippen LogP contribution in [0.25, 0.3) is 0 Å². The fourth-order valence-electron chi connectivity index (χ4n) is 2.37. The molecule has 0 aromatic heterocycles. The molecule has 3 nitrogen and oxygen atoms in total. The van der Waals surface area contributed by atoms with E-state index in [9.17, 15) is 4.79 Å². The van der Waals surface area contributed by atoms with Crippen LogP contribution in [-0.4, -0.2) is 25.2 Å². The summed E-state index contributed by atoms with van der Waals surface area (Å²) in [6.07, 6.45) is 2.28. The molecule has 1 N–H and O–H groups in total. The van der Waals surface area contributed by atoms with Crippen LogP contribution in [0, 0.1) is 5.92 Å². The Morgan fingerprint density at radius 1 is 1.58 bits per heavy atom. The van der Waals surface area contributed by atoms with Gasteiger partial charge in [-0.3, -0.25) is 4.79 Å². The lowest BCUT2D eigenvalue weighted by Crippen LogP contribution is -2.32. The third-order valence-corrected chi connectivity index (χ3v) is 4.34. The number of carbonyl (C=O) groups excluding carboxylic acids is 1. The van der Waals surface area contributed by atoms with Crippen LogP contribution < -0.4 is 5.32 Å². The maximum absolute atomic E-state index is 12.1. The number of hydrogen-bond donors (Lipinski definition) is 1. The Balaban J connectivity index is 1.94. The number of rotatable bonds is 4. The summed E-state index contributed by atoms with van der Waals surface area (Å²) in [6, 6.07) is 5.17. The van der Waals surface area contributed by atoms with Crippen molar-refractivity contribution in [1.82, 2.24) is 5.32 Å². The molecule has 1 aromatic carbocycles. The topological polar surface area (TPSA) is 38.3 Å². The second-order valence-electron chi connectivity index (χ2n) is 4.70. The van der Waals surface area contributed by atoms with E-state index in [1.54, 1.807) is 18.2 Å². The van der Waals surface area contributed by atoms with Gasteiger partial charge in [-0.2, -0.15) is 0 Å². The number of carbonyl (C=O) groups is 1. The maximum atomic E-state index is 12.1. The molecule has 1 saturated heterocycles. The van der Waals surface area contributed by atoms with Gasteiger partial charge in [0.1, 0.15) is 0 Å². The van der Waals surface area contributed by atoms with Crippen molar-refractivity contribution < 1.29 is 9.53 Å². The first kappa shape index (κ1) is 14.8. The number of hydrogen-bond acceptors (Lipinski definition) is 2. The molecule has 5 heteroatoms. The molecule has 2 unspecified atom stereocenters. The van der Waals surface area contributed by atoms with E-state index in [2.05, 4.69) is 28.2 Å². The van der Waals surface area contributed by atoms with Gasteiger partial charge in [-0.25, -0.2) is 0 Å². The summed E-state index contributed by atoms with van der Waals surface area (Å²) in [7, 11) is 0. The third-order valence-electron chi connectivity index (χ3n) is 3.45. The smallest absolute Gasteiger partial charge is 0.252 e. The van der Waals surface area contributed by atoms with E-state index in [0.29, 0.717) is 27.5 Å². The van der Waals surface area contributed by atoms with Crippen LogP contribution in [0.15, 0.2) is 22.7 Å². The van der Waals surface area contributed by atoms with Crippen LogP contribution in [0.5, 0.6) is 0 Å². The Morgan fingerprint density at radius 3 is 3.05 bits per heavy atom. The van der Waals surface area contributed by atoms with Crippen LogP contribution in [0.3, 0.4) is 0 Å². The normalized spacial score (nSPS) is 22.5. The Morgan fingerprint density at radius 2 is 2.37 bits per heavy atom. The van der Waals surface area contributed by atoms with Gasteiger partial charge < -0.3 is 10.1 Å². The summed E-state index contributed by atoms with van der Waals surface area (Å²) < 4.78 is 6.33. The molecule has 1 aliphatic rings. The Bertz CT molecular complexity index is 467. The molecule has 1 amide bonds. The lowest BCUT2D eigenvalue weighted by atomic mass is 9.99. The van der Waals surface area contributed by atoms with Gasteiger partial charge in [-0.15, -0.1) is 0 Å². The first-order valence-electron chi connectivity index (χ1n) is 6.46. The number of nitrogens with one attached hydrogen (secondary N) is 1. The summed E-state index contributed by atoms with van der Waals surface area (Å²) in [4.78, 5) is 12.1. The van der Waals surface area contributed by atoms with Crippen molar-refractivity contribution in [2.24, 2.45) is 5.92 Å². The average molecular weight is 347 g/mol. The molecule has 1 aliphatic heterocycles. The van der Waals surface area contributed by atoms with E-state index in [0.717, 1.165) is 19.4 Å². The van der Waals surface area contributed by atoms with Crippen molar-refractivity contribution in [3.8, 4) is 0 Å². The van der Waals surface area contributed by atoms with Crippen molar-refractivity contribution in [3.63, 3.8) is 0 Å². The second-order valence-corrected chi connectivity index (χ2v) is 5.99.